The van der Waals surface area contributed by atoms with Crippen molar-refractivity contribution in [2.24, 2.45) is 0 Å². The lowest BCUT2D eigenvalue weighted by Crippen LogP contribution is -2.44. The molecular weight excluding hydrogens is 276 g/mol. The SMILES string of the molecule is Cc1ccc(NC(=O)N[C@@H]2COc3ccccc3C2)c(C)c1. The number of nitrogens with one attached hydrogen (secondary N) is 2. The number of hydrogen-bond acceptors (Lipinski definition) is 2. The van der Waals surface area contributed by atoms with Crippen molar-refractivity contribution in [2.75, 3.05) is 11.9 Å². The van der Waals surface area contributed by atoms with Crippen LogP contribution in [0.25, 0.3) is 0 Å². The number of anilines is 1. The van der Waals surface area contributed by atoms with E-state index >= 15 is 0 Å². The zero-order chi connectivity index (χ0) is 15.5. The molecule has 0 unspecified atom stereocenters. The average molecular weight is 296 g/mol. The molecule has 0 spiro atoms. The molecule has 0 saturated carbocycles. The zero-order valence-corrected chi connectivity index (χ0v) is 12.8. The lowest BCUT2D eigenvalue weighted by atomic mass is 10.0. The fourth-order valence-electron chi connectivity index (χ4n) is 2.72. The highest BCUT2D eigenvalue weighted by Crippen LogP contribution is 2.24. The quantitative estimate of drug-likeness (QED) is 0.892. The van der Waals surface area contributed by atoms with Gasteiger partial charge in [-0.1, -0.05) is 35.9 Å². The molecule has 4 nitrogen and oxygen atoms in total. The van der Waals surface area contributed by atoms with E-state index in [4.69, 9.17) is 4.74 Å². The van der Waals surface area contributed by atoms with E-state index in [0.29, 0.717) is 6.61 Å². The molecular formula is C18H20N2O2. The van der Waals surface area contributed by atoms with Gasteiger partial charge in [-0.2, -0.15) is 0 Å². The molecule has 0 bridgehead atoms. The highest BCUT2D eigenvalue weighted by atomic mass is 16.5. The number of aryl methyl sites for hydroxylation is 2. The maximum Gasteiger partial charge on any atom is 0.319 e. The van der Waals surface area contributed by atoms with Crippen molar-refractivity contribution in [1.82, 2.24) is 5.32 Å². The van der Waals surface area contributed by atoms with Gasteiger partial charge in [0.15, 0.2) is 0 Å². The van der Waals surface area contributed by atoms with Gasteiger partial charge in [0.2, 0.25) is 0 Å². The second kappa shape index (κ2) is 6.10. The molecule has 0 fully saturated rings. The van der Waals surface area contributed by atoms with E-state index in [-0.39, 0.29) is 12.1 Å². The van der Waals surface area contributed by atoms with Crippen molar-refractivity contribution in [3.63, 3.8) is 0 Å². The van der Waals surface area contributed by atoms with Crippen molar-refractivity contribution in [1.29, 1.82) is 0 Å². The van der Waals surface area contributed by atoms with Crippen molar-refractivity contribution in [3.05, 3.63) is 59.2 Å². The van der Waals surface area contributed by atoms with Crippen LogP contribution in [0.15, 0.2) is 42.5 Å². The Morgan fingerprint density at radius 1 is 1.18 bits per heavy atom. The van der Waals surface area contributed by atoms with Gasteiger partial charge < -0.3 is 15.4 Å². The minimum Gasteiger partial charge on any atom is -0.491 e. The number of rotatable bonds is 2. The van der Waals surface area contributed by atoms with Gasteiger partial charge in [-0.25, -0.2) is 4.79 Å². The fraction of sp³-hybridized carbons (Fsp3) is 0.278. The molecule has 2 aromatic rings. The third-order valence-electron chi connectivity index (χ3n) is 3.84. The molecule has 4 heteroatoms. The van der Waals surface area contributed by atoms with Crippen LogP contribution in [0.3, 0.4) is 0 Å². The predicted molar refractivity (Wildman–Crippen MR) is 87.5 cm³/mol. The van der Waals surface area contributed by atoms with E-state index in [1.807, 2.05) is 50.2 Å². The number of benzene rings is 2. The van der Waals surface area contributed by atoms with Crippen LogP contribution >= 0.6 is 0 Å². The van der Waals surface area contributed by atoms with Gasteiger partial charge in [-0.05, 0) is 43.5 Å². The Balaban J connectivity index is 1.61. The number of fused-ring (bicyclic) bond motifs is 1. The smallest absolute Gasteiger partial charge is 0.319 e. The summed E-state index contributed by atoms with van der Waals surface area (Å²) in [4.78, 5) is 12.2. The summed E-state index contributed by atoms with van der Waals surface area (Å²) >= 11 is 0. The van der Waals surface area contributed by atoms with E-state index in [0.717, 1.165) is 29.0 Å². The normalized spacial score (nSPS) is 16.4. The number of hydrogen-bond donors (Lipinski definition) is 2. The summed E-state index contributed by atoms with van der Waals surface area (Å²) in [6.07, 6.45) is 0.788. The zero-order valence-electron chi connectivity index (χ0n) is 12.8. The van der Waals surface area contributed by atoms with Crippen LogP contribution in [0.5, 0.6) is 5.75 Å². The summed E-state index contributed by atoms with van der Waals surface area (Å²) in [5.74, 6) is 0.912. The van der Waals surface area contributed by atoms with E-state index in [1.165, 1.54) is 5.56 Å². The number of urea groups is 1. The molecule has 0 aliphatic carbocycles. The van der Waals surface area contributed by atoms with Crippen LogP contribution in [0.4, 0.5) is 10.5 Å². The molecule has 1 aliphatic heterocycles. The summed E-state index contributed by atoms with van der Waals surface area (Å²) in [7, 11) is 0. The number of para-hydroxylation sites is 1. The molecule has 2 N–H and O–H groups in total. The molecule has 0 radical (unpaired) electrons. The number of carbonyl (C=O) groups is 1. The topological polar surface area (TPSA) is 50.4 Å². The predicted octanol–water partition coefficient (Wildman–Crippen LogP) is 3.43. The lowest BCUT2D eigenvalue weighted by molar-refractivity contribution is 0.222. The van der Waals surface area contributed by atoms with Crippen LogP contribution in [-0.4, -0.2) is 18.7 Å². The standard InChI is InChI=1S/C18H20N2O2/c1-12-7-8-16(13(2)9-12)20-18(21)19-15-10-14-5-3-4-6-17(14)22-11-15/h3-9,15H,10-11H2,1-2H3,(H2,19,20,21)/t15-/m0/s1. The maximum atomic E-state index is 12.2. The van der Waals surface area contributed by atoms with Crippen molar-refractivity contribution in [3.8, 4) is 5.75 Å². The van der Waals surface area contributed by atoms with Gasteiger partial charge in [0, 0.05) is 5.69 Å². The summed E-state index contributed by atoms with van der Waals surface area (Å²) < 4.78 is 5.68. The Bertz CT molecular complexity index is 697. The summed E-state index contributed by atoms with van der Waals surface area (Å²) in [6, 6.07) is 13.7. The van der Waals surface area contributed by atoms with Crippen LogP contribution < -0.4 is 15.4 Å². The van der Waals surface area contributed by atoms with E-state index < -0.39 is 0 Å². The molecule has 22 heavy (non-hydrogen) atoms. The Kier molecular flexibility index (Phi) is 4.00. The molecule has 1 atom stereocenters. The third kappa shape index (κ3) is 3.22. The van der Waals surface area contributed by atoms with E-state index in [1.54, 1.807) is 0 Å². The van der Waals surface area contributed by atoms with Gasteiger partial charge in [0.1, 0.15) is 12.4 Å². The maximum absolute atomic E-state index is 12.2. The third-order valence-corrected chi connectivity index (χ3v) is 3.84. The second-order valence-electron chi connectivity index (χ2n) is 5.74. The molecule has 1 heterocycles. The summed E-state index contributed by atoms with van der Waals surface area (Å²) in [5, 5.41) is 5.88. The molecule has 3 rings (SSSR count). The largest absolute Gasteiger partial charge is 0.491 e. The Hall–Kier alpha value is -2.49. The van der Waals surface area contributed by atoms with Gasteiger partial charge >= 0.3 is 6.03 Å². The Morgan fingerprint density at radius 2 is 2.00 bits per heavy atom. The highest BCUT2D eigenvalue weighted by Gasteiger charge is 2.21. The van der Waals surface area contributed by atoms with Gasteiger partial charge in [-0.15, -0.1) is 0 Å². The summed E-state index contributed by atoms with van der Waals surface area (Å²) in [6.45, 7) is 4.52. The van der Waals surface area contributed by atoms with Crippen molar-refractivity contribution in [2.45, 2.75) is 26.3 Å². The molecule has 2 amide bonds. The summed E-state index contributed by atoms with van der Waals surface area (Å²) in [5.41, 5.74) is 4.20. The van der Waals surface area contributed by atoms with Crippen LogP contribution in [-0.2, 0) is 6.42 Å². The molecule has 2 aromatic carbocycles. The Labute approximate surface area is 130 Å². The monoisotopic (exact) mass is 296 g/mol. The van der Waals surface area contributed by atoms with Crippen molar-refractivity contribution < 1.29 is 9.53 Å². The first kappa shape index (κ1) is 14.4. The number of carbonyl (C=O) groups excluding carboxylic acids is 1. The lowest BCUT2D eigenvalue weighted by Gasteiger charge is -2.26. The van der Waals surface area contributed by atoms with Crippen LogP contribution in [0.1, 0.15) is 16.7 Å². The van der Waals surface area contributed by atoms with Crippen LogP contribution in [0.2, 0.25) is 0 Å². The van der Waals surface area contributed by atoms with Gasteiger partial charge in [-0.3, -0.25) is 0 Å². The van der Waals surface area contributed by atoms with Gasteiger partial charge in [0.05, 0.1) is 6.04 Å². The van der Waals surface area contributed by atoms with Gasteiger partial charge in [0.25, 0.3) is 0 Å². The average Bonchev–Trinajstić information content (AvgIpc) is 2.50. The van der Waals surface area contributed by atoms with Crippen molar-refractivity contribution >= 4 is 11.7 Å². The van der Waals surface area contributed by atoms with Crippen LogP contribution in [0, 0.1) is 13.8 Å². The van der Waals surface area contributed by atoms with E-state index in [2.05, 4.69) is 16.7 Å². The number of amides is 2. The molecule has 1 aliphatic rings. The Morgan fingerprint density at radius 3 is 2.82 bits per heavy atom. The number of ether oxygens (including phenoxy) is 1. The first-order valence-corrected chi connectivity index (χ1v) is 7.47. The molecule has 114 valence electrons. The highest BCUT2D eigenvalue weighted by molar-refractivity contribution is 5.90. The first-order chi connectivity index (χ1) is 10.6. The van der Waals surface area contributed by atoms with E-state index in [9.17, 15) is 4.79 Å². The molecule has 0 saturated heterocycles. The first-order valence-electron chi connectivity index (χ1n) is 7.47. The molecule has 0 aromatic heterocycles. The second-order valence-corrected chi connectivity index (χ2v) is 5.74. The minimum atomic E-state index is -0.195. The minimum absolute atomic E-state index is 0.0133. The fourth-order valence-corrected chi connectivity index (χ4v) is 2.72.